The second-order valence-corrected chi connectivity index (χ2v) is 6.29. The van der Waals surface area contributed by atoms with Crippen molar-refractivity contribution in [1.29, 1.82) is 0 Å². The van der Waals surface area contributed by atoms with E-state index in [0.29, 0.717) is 12.4 Å². The fourth-order valence-corrected chi connectivity index (χ4v) is 2.26. The number of anilines is 2. The maximum Gasteiger partial charge on any atom is 0.407 e. The van der Waals surface area contributed by atoms with Crippen LogP contribution in [0.4, 0.5) is 16.4 Å². The number of carbonyl (C=O) groups excluding carboxylic acids is 1. The van der Waals surface area contributed by atoms with Crippen LogP contribution < -0.4 is 16.0 Å². The van der Waals surface area contributed by atoms with Crippen LogP contribution in [0.2, 0.25) is 0 Å². The number of ether oxygens (including phenoxy) is 1. The van der Waals surface area contributed by atoms with E-state index in [1.165, 1.54) is 7.11 Å². The standard InChI is InChI=1S/C14H23N5O2/c1-14(2,3)12-17-10(15)7-11(18-12)19-6-5-9(8-19)16-13(20)21-4/h7,9H,5-6,8H2,1-4H3,(H,16,20)(H2,15,17,18). The molecular weight excluding hydrogens is 270 g/mol. The van der Waals surface area contributed by atoms with Crippen LogP contribution >= 0.6 is 0 Å². The third-order valence-electron chi connectivity index (χ3n) is 3.42. The molecule has 1 saturated heterocycles. The van der Waals surface area contributed by atoms with Crippen LogP contribution in [0.5, 0.6) is 0 Å². The molecule has 1 aromatic rings. The van der Waals surface area contributed by atoms with Crippen LogP contribution in [-0.4, -0.2) is 42.3 Å². The van der Waals surface area contributed by atoms with E-state index in [2.05, 4.69) is 45.7 Å². The van der Waals surface area contributed by atoms with E-state index in [9.17, 15) is 4.79 Å². The third-order valence-corrected chi connectivity index (χ3v) is 3.42. The maximum absolute atomic E-state index is 11.3. The van der Waals surface area contributed by atoms with E-state index < -0.39 is 6.09 Å². The van der Waals surface area contributed by atoms with Gasteiger partial charge in [0.1, 0.15) is 17.5 Å². The molecule has 0 aliphatic carbocycles. The molecule has 0 radical (unpaired) electrons. The highest BCUT2D eigenvalue weighted by atomic mass is 16.5. The van der Waals surface area contributed by atoms with Crippen molar-refractivity contribution in [2.75, 3.05) is 30.8 Å². The van der Waals surface area contributed by atoms with Crippen molar-refractivity contribution < 1.29 is 9.53 Å². The molecule has 0 aromatic carbocycles. The van der Waals surface area contributed by atoms with E-state index in [1.54, 1.807) is 6.07 Å². The van der Waals surface area contributed by atoms with E-state index in [1.807, 2.05) is 0 Å². The van der Waals surface area contributed by atoms with Gasteiger partial charge in [0, 0.05) is 24.6 Å². The molecule has 7 nitrogen and oxygen atoms in total. The first-order chi connectivity index (χ1) is 9.79. The zero-order valence-corrected chi connectivity index (χ0v) is 13.0. The van der Waals surface area contributed by atoms with E-state index in [0.717, 1.165) is 24.6 Å². The molecule has 0 spiro atoms. The molecule has 1 aliphatic heterocycles. The van der Waals surface area contributed by atoms with Crippen molar-refractivity contribution in [2.45, 2.75) is 38.6 Å². The molecule has 1 amide bonds. The predicted octanol–water partition coefficient (Wildman–Crippen LogP) is 1.29. The minimum atomic E-state index is -0.403. The normalized spacial score (nSPS) is 18.7. The quantitative estimate of drug-likeness (QED) is 0.853. The van der Waals surface area contributed by atoms with Crippen molar-refractivity contribution in [3.05, 3.63) is 11.9 Å². The number of carbonyl (C=O) groups is 1. The molecule has 116 valence electrons. The summed E-state index contributed by atoms with van der Waals surface area (Å²) >= 11 is 0. The monoisotopic (exact) mass is 293 g/mol. The fraction of sp³-hybridized carbons (Fsp3) is 0.643. The topological polar surface area (TPSA) is 93.4 Å². The Morgan fingerprint density at radius 2 is 2.19 bits per heavy atom. The van der Waals surface area contributed by atoms with Gasteiger partial charge in [0.25, 0.3) is 0 Å². The van der Waals surface area contributed by atoms with Crippen molar-refractivity contribution in [1.82, 2.24) is 15.3 Å². The molecule has 7 heteroatoms. The summed E-state index contributed by atoms with van der Waals surface area (Å²) in [5, 5.41) is 2.81. The lowest BCUT2D eigenvalue weighted by Crippen LogP contribution is -2.37. The Hall–Kier alpha value is -2.05. The smallest absolute Gasteiger partial charge is 0.407 e. The van der Waals surface area contributed by atoms with Crippen LogP contribution in [0.15, 0.2) is 6.07 Å². The summed E-state index contributed by atoms with van der Waals surface area (Å²) in [6.07, 6.45) is 0.448. The van der Waals surface area contributed by atoms with Gasteiger partial charge in [0.2, 0.25) is 0 Å². The SMILES string of the molecule is COC(=O)NC1CCN(c2cc(N)nc(C(C)(C)C)n2)C1. The lowest BCUT2D eigenvalue weighted by Gasteiger charge is -2.22. The number of nitrogens with two attached hydrogens (primary N) is 1. The predicted molar refractivity (Wildman–Crippen MR) is 81.3 cm³/mol. The number of alkyl carbamates (subject to hydrolysis) is 1. The van der Waals surface area contributed by atoms with E-state index in [4.69, 9.17) is 5.73 Å². The van der Waals surface area contributed by atoms with Crippen molar-refractivity contribution in [3.63, 3.8) is 0 Å². The summed E-state index contributed by atoms with van der Waals surface area (Å²) in [7, 11) is 1.36. The van der Waals surface area contributed by atoms with Crippen LogP contribution in [0.3, 0.4) is 0 Å². The number of hydrogen-bond donors (Lipinski definition) is 2. The number of amides is 1. The van der Waals surface area contributed by atoms with Gasteiger partial charge < -0.3 is 20.7 Å². The molecule has 2 rings (SSSR count). The Kier molecular flexibility index (Phi) is 4.20. The minimum absolute atomic E-state index is 0.0618. The molecule has 21 heavy (non-hydrogen) atoms. The zero-order valence-electron chi connectivity index (χ0n) is 13.0. The highest BCUT2D eigenvalue weighted by molar-refractivity contribution is 5.67. The van der Waals surface area contributed by atoms with Crippen LogP contribution in [-0.2, 0) is 10.2 Å². The lowest BCUT2D eigenvalue weighted by atomic mass is 9.96. The van der Waals surface area contributed by atoms with Gasteiger partial charge in [-0.05, 0) is 6.42 Å². The van der Waals surface area contributed by atoms with Crippen molar-refractivity contribution in [3.8, 4) is 0 Å². The largest absolute Gasteiger partial charge is 0.453 e. The van der Waals surface area contributed by atoms with Crippen LogP contribution in [0, 0.1) is 0 Å². The van der Waals surface area contributed by atoms with E-state index in [-0.39, 0.29) is 11.5 Å². The number of nitrogen functional groups attached to an aromatic ring is 1. The molecule has 1 fully saturated rings. The first-order valence-electron chi connectivity index (χ1n) is 7.04. The van der Waals surface area contributed by atoms with Crippen LogP contribution in [0.1, 0.15) is 33.0 Å². The Morgan fingerprint density at radius 3 is 2.81 bits per heavy atom. The number of hydrogen-bond acceptors (Lipinski definition) is 6. The Balaban J connectivity index is 2.13. The summed E-state index contributed by atoms with van der Waals surface area (Å²) in [6, 6.07) is 1.84. The summed E-state index contributed by atoms with van der Waals surface area (Å²) in [5.41, 5.74) is 5.73. The molecule has 1 atom stereocenters. The lowest BCUT2D eigenvalue weighted by molar-refractivity contribution is 0.167. The first-order valence-corrected chi connectivity index (χ1v) is 7.04. The Labute approximate surface area is 124 Å². The number of methoxy groups -OCH3 is 1. The molecule has 1 aromatic heterocycles. The van der Waals surface area contributed by atoms with Gasteiger partial charge >= 0.3 is 6.09 Å². The highest BCUT2D eigenvalue weighted by Crippen LogP contribution is 2.25. The number of nitrogens with zero attached hydrogens (tertiary/aromatic N) is 3. The van der Waals surface area contributed by atoms with Gasteiger partial charge in [-0.3, -0.25) is 0 Å². The molecule has 0 saturated carbocycles. The molecule has 2 heterocycles. The summed E-state index contributed by atoms with van der Waals surface area (Å²) in [4.78, 5) is 22.3. The van der Waals surface area contributed by atoms with Crippen molar-refractivity contribution in [2.24, 2.45) is 0 Å². The van der Waals surface area contributed by atoms with Gasteiger partial charge in [-0.15, -0.1) is 0 Å². The number of rotatable bonds is 2. The van der Waals surface area contributed by atoms with Gasteiger partial charge in [0.15, 0.2) is 0 Å². The van der Waals surface area contributed by atoms with Gasteiger partial charge in [-0.1, -0.05) is 20.8 Å². The zero-order chi connectivity index (χ0) is 15.6. The maximum atomic E-state index is 11.3. The molecule has 0 bridgehead atoms. The molecular formula is C14H23N5O2. The summed E-state index contributed by atoms with van der Waals surface area (Å²) < 4.78 is 4.62. The second kappa shape index (κ2) is 5.75. The average molecular weight is 293 g/mol. The molecule has 1 unspecified atom stereocenters. The third kappa shape index (κ3) is 3.74. The summed E-state index contributed by atoms with van der Waals surface area (Å²) in [5.74, 6) is 2.00. The minimum Gasteiger partial charge on any atom is -0.453 e. The number of aromatic nitrogens is 2. The Morgan fingerprint density at radius 1 is 1.48 bits per heavy atom. The number of nitrogens with one attached hydrogen (secondary N) is 1. The van der Waals surface area contributed by atoms with Gasteiger partial charge in [0.05, 0.1) is 13.2 Å². The second-order valence-electron chi connectivity index (χ2n) is 6.29. The Bertz CT molecular complexity index is 527. The van der Waals surface area contributed by atoms with Crippen LogP contribution in [0.25, 0.3) is 0 Å². The van der Waals surface area contributed by atoms with E-state index >= 15 is 0 Å². The molecule has 3 N–H and O–H groups in total. The van der Waals surface area contributed by atoms with Gasteiger partial charge in [-0.2, -0.15) is 0 Å². The van der Waals surface area contributed by atoms with Gasteiger partial charge in [-0.25, -0.2) is 14.8 Å². The van der Waals surface area contributed by atoms with Crippen molar-refractivity contribution >= 4 is 17.7 Å². The molecule has 1 aliphatic rings. The first kappa shape index (κ1) is 15.3. The average Bonchev–Trinajstić information content (AvgIpc) is 2.85. The fourth-order valence-electron chi connectivity index (χ4n) is 2.26. The highest BCUT2D eigenvalue weighted by Gasteiger charge is 2.27. The summed E-state index contributed by atoms with van der Waals surface area (Å²) in [6.45, 7) is 7.66.